The van der Waals surface area contributed by atoms with Crippen molar-refractivity contribution in [2.24, 2.45) is 28.1 Å². The van der Waals surface area contributed by atoms with E-state index in [2.05, 4.69) is 6.08 Å². The lowest BCUT2D eigenvalue weighted by Gasteiger charge is -2.69. The van der Waals surface area contributed by atoms with E-state index in [4.69, 9.17) is 4.74 Å². The predicted octanol–water partition coefficient (Wildman–Crippen LogP) is 5.16. The first-order chi connectivity index (χ1) is 18.0. The van der Waals surface area contributed by atoms with Gasteiger partial charge >= 0.3 is 0 Å². The number of ketones is 2. The van der Waals surface area contributed by atoms with Crippen LogP contribution in [0.2, 0.25) is 0 Å². The number of hydrogen-bond acceptors (Lipinski definition) is 6. The normalized spacial score (nSPS) is 42.3. The van der Waals surface area contributed by atoms with Gasteiger partial charge in [0.05, 0.1) is 28.1 Å². The van der Waals surface area contributed by atoms with Gasteiger partial charge in [0, 0.05) is 11.0 Å². The molecule has 1 heterocycles. The maximum Gasteiger partial charge on any atom is 0.191 e. The van der Waals surface area contributed by atoms with E-state index < -0.39 is 51.0 Å². The third kappa shape index (κ3) is 3.47. The summed E-state index contributed by atoms with van der Waals surface area (Å²) in [6.07, 6.45) is 4.94. The number of hydrogen-bond donors (Lipinski definition) is 3. The van der Waals surface area contributed by atoms with Gasteiger partial charge < -0.3 is 20.1 Å². The number of benzene rings is 1. The van der Waals surface area contributed by atoms with Gasteiger partial charge in [0.25, 0.3) is 0 Å². The predicted molar refractivity (Wildman–Crippen MR) is 149 cm³/mol. The van der Waals surface area contributed by atoms with E-state index in [9.17, 15) is 24.9 Å². The largest absolute Gasteiger partial charge is 0.388 e. The van der Waals surface area contributed by atoms with E-state index in [0.29, 0.717) is 18.4 Å². The molecule has 0 amide bonds. The quantitative estimate of drug-likeness (QED) is 0.328. The molecule has 1 spiro atoms. The first-order valence-electron chi connectivity index (χ1n) is 14.3. The average molecular weight is 537 g/mol. The number of allylic oxidation sites excluding steroid dienone is 4. The summed E-state index contributed by atoms with van der Waals surface area (Å²) in [6, 6.07) is 8.69. The highest BCUT2D eigenvalue weighted by Crippen LogP contribution is 2.82. The summed E-state index contributed by atoms with van der Waals surface area (Å²) in [4.78, 5) is 29.5. The van der Waals surface area contributed by atoms with Gasteiger partial charge in [-0.15, -0.1) is 0 Å². The van der Waals surface area contributed by atoms with Crippen molar-refractivity contribution in [1.29, 1.82) is 0 Å². The summed E-state index contributed by atoms with van der Waals surface area (Å²) < 4.78 is 6.28. The molecule has 3 N–H and O–H groups in total. The molecule has 8 atom stereocenters. The molecule has 4 bridgehead atoms. The summed E-state index contributed by atoms with van der Waals surface area (Å²) in [7, 11) is 0. The van der Waals surface area contributed by atoms with Crippen LogP contribution in [-0.2, 0) is 9.53 Å². The Morgan fingerprint density at radius 2 is 1.67 bits per heavy atom. The first kappa shape index (κ1) is 28.4. The molecule has 1 aliphatic heterocycles. The van der Waals surface area contributed by atoms with Crippen LogP contribution in [0.3, 0.4) is 0 Å². The number of rotatable bonds is 7. The monoisotopic (exact) mass is 536 g/mol. The van der Waals surface area contributed by atoms with Crippen LogP contribution in [0.25, 0.3) is 0 Å². The Bertz CT molecular complexity index is 1250. The Balaban J connectivity index is 1.82. The van der Waals surface area contributed by atoms with E-state index in [1.54, 1.807) is 38.1 Å². The van der Waals surface area contributed by atoms with Gasteiger partial charge in [0.15, 0.2) is 17.4 Å². The zero-order valence-electron chi connectivity index (χ0n) is 24.4. The van der Waals surface area contributed by atoms with Crippen LogP contribution >= 0.6 is 0 Å². The van der Waals surface area contributed by atoms with E-state index in [-0.39, 0.29) is 31.0 Å². The molecule has 212 valence electrons. The Hall–Kier alpha value is -2.12. The molecular formula is C33H44O6. The smallest absolute Gasteiger partial charge is 0.191 e. The fourth-order valence-electron chi connectivity index (χ4n) is 8.85. The maximum atomic E-state index is 15.0. The van der Waals surface area contributed by atoms with Gasteiger partial charge in [0.1, 0.15) is 5.92 Å². The van der Waals surface area contributed by atoms with Crippen molar-refractivity contribution in [2.45, 2.75) is 104 Å². The molecule has 6 nitrogen and oxygen atoms in total. The third-order valence-electron chi connectivity index (χ3n) is 10.8. The van der Waals surface area contributed by atoms with Crippen LogP contribution in [0, 0.1) is 28.1 Å². The van der Waals surface area contributed by atoms with Crippen molar-refractivity contribution in [1.82, 2.24) is 0 Å². The zero-order chi connectivity index (χ0) is 28.8. The van der Waals surface area contributed by atoms with Gasteiger partial charge in [-0.25, -0.2) is 0 Å². The minimum atomic E-state index is -2.24. The second kappa shape index (κ2) is 8.69. The molecule has 39 heavy (non-hydrogen) atoms. The molecule has 0 unspecified atom stereocenters. The molecule has 1 aromatic carbocycles. The second-order valence-electron chi connectivity index (χ2n) is 14.1. The molecule has 4 saturated carbocycles. The third-order valence-corrected chi connectivity index (χ3v) is 10.8. The highest BCUT2D eigenvalue weighted by molar-refractivity contribution is 6.05. The molecule has 6 heteroatoms. The molecule has 6 rings (SSSR count). The van der Waals surface area contributed by atoms with Crippen molar-refractivity contribution >= 4 is 11.6 Å². The Morgan fingerprint density at radius 3 is 2.23 bits per heavy atom. The molecule has 1 saturated heterocycles. The summed E-state index contributed by atoms with van der Waals surface area (Å²) in [5.74, 6) is -4.36. The molecule has 0 aromatic heterocycles. The fraction of sp³-hybridized carbons (Fsp3) is 0.636. The van der Waals surface area contributed by atoms with Gasteiger partial charge in [-0.05, 0) is 79.6 Å². The van der Waals surface area contributed by atoms with Crippen LogP contribution in [0.15, 0.2) is 53.6 Å². The molecule has 5 fully saturated rings. The topological polar surface area (TPSA) is 104 Å². The number of carbonyl (C=O) groups excluding carboxylic acids is 2. The summed E-state index contributed by atoms with van der Waals surface area (Å²) >= 11 is 0. The second-order valence-corrected chi connectivity index (χ2v) is 14.1. The maximum absolute atomic E-state index is 15.0. The summed E-state index contributed by atoms with van der Waals surface area (Å²) in [6.45, 7) is 13.2. The molecule has 1 aromatic rings. The number of ether oxygens (including phenoxy) is 1. The highest BCUT2D eigenvalue weighted by atomic mass is 16.7. The van der Waals surface area contributed by atoms with E-state index in [1.165, 1.54) is 0 Å². The standard InChI is InChI=1S/C33H44O6/c1-20(2)13-14-23-17-30(16-15-21(3)4)27(35)31-18-24(28(5,6)36)39-33(31,38)26(32(30,37)29(23,7)19-31)25(34)22-11-9-8-10-12-22/h8-13,15,23-24,26,36-38H,14,16-19H2,1-7H3/t23-,24-,26-,29+,30+,31-,32-,33+/m1/s1. The minimum absolute atomic E-state index is 0.0805. The Morgan fingerprint density at radius 1 is 1.05 bits per heavy atom. The van der Waals surface area contributed by atoms with Crippen molar-refractivity contribution in [3.8, 4) is 0 Å². The number of aliphatic hydroxyl groups is 3. The minimum Gasteiger partial charge on any atom is -0.388 e. The molecule has 5 aliphatic rings. The summed E-state index contributed by atoms with van der Waals surface area (Å²) in [5.41, 5.74) is -4.24. The molecule has 0 radical (unpaired) electrons. The number of carbonyl (C=O) groups is 2. The van der Waals surface area contributed by atoms with Crippen LogP contribution in [0.4, 0.5) is 0 Å². The van der Waals surface area contributed by atoms with Crippen molar-refractivity contribution in [3.05, 3.63) is 59.2 Å². The summed E-state index contributed by atoms with van der Waals surface area (Å²) in [5, 5.41) is 36.8. The van der Waals surface area contributed by atoms with Crippen LogP contribution < -0.4 is 0 Å². The van der Waals surface area contributed by atoms with E-state index in [1.807, 2.05) is 46.8 Å². The van der Waals surface area contributed by atoms with Gasteiger partial charge in [-0.1, -0.05) is 60.6 Å². The van der Waals surface area contributed by atoms with Crippen LogP contribution in [-0.4, -0.2) is 50.0 Å². The van der Waals surface area contributed by atoms with Crippen molar-refractivity contribution in [3.63, 3.8) is 0 Å². The molecular weight excluding hydrogens is 492 g/mol. The van der Waals surface area contributed by atoms with E-state index in [0.717, 1.165) is 11.1 Å². The highest BCUT2D eigenvalue weighted by Gasteiger charge is 2.92. The SMILES string of the molecule is CC(C)=CC[C@@H]1C[C@@]2(CC=C(C)C)C(=O)[C@]34C[C@H](C(C)(C)O)O[C@@]3(O)[C@H](C(=O)c3ccccc3)[C@@]2(O)[C@@]1(C)C4. The van der Waals surface area contributed by atoms with Crippen molar-refractivity contribution in [2.75, 3.05) is 0 Å². The average Bonchev–Trinajstić information content (AvgIpc) is 3.22. The van der Waals surface area contributed by atoms with Gasteiger partial charge in [0.2, 0.25) is 0 Å². The van der Waals surface area contributed by atoms with Crippen molar-refractivity contribution < 1.29 is 29.6 Å². The van der Waals surface area contributed by atoms with Gasteiger partial charge in [-0.2, -0.15) is 0 Å². The Labute approximate surface area is 232 Å². The first-order valence-corrected chi connectivity index (χ1v) is 14.3. The van der Waals surface area contributed by atoms with Crippen LogP contribution in [0.5, 0.6) is 0 Å². The number of Topliss-reactive ketones (excluding diaryl/α,β-unsaturated/α-hetero) is 2. The van der Waals surface area contributed by atoms with Gasteiger partial charge in [-0.3, -0.25) is 9.59 Å². The Kier molecular flexibility index (Phi) is 6.33. The molecule has 4 aliphatic carbocycles. The van der Waals surface area contributed by atoms with Crippen LogP contribution in [0.1, 0.15) is 90.9 Å². The van der Waals surface area contributed by atoms with E-state index >= 15 is 0 Å². The lowest BCUT2D eigenvalue weighted by Crippen LogP contribution is -2.83. The zero-order valence-corrected chi connectivity index (χ0v) is 24.4. The fourth-order valence-corrected chi connectivity index (χ4v) is 8.85. The lowest BCUT2D eigenvalue weighted by molar-refractivity contribution is -0.363. The lowest BCUT2D eigenvalue weighted by atomic mass is 9.35.